The van der Waals surface area contributed by atoms with E-state index in [1.54, 1.807) is 0 Å². The highest BCUT2D eigenvalue weighted by Crippen LogP contribution is 2.30. The first kappa shape index (κ1) is 8.57. The Labute approximate surface area is 68.6 Å². The second-order valence-electron chi connectivity index (χ2n) is 3.39. The molecule has 2 nitrogen and oxygen atoms in total. The lowest BCUT2D eigenvalue weighted by Gasteiger charge is -2.15. The molecule has 0 aromatic heterocycles. The van der Waals surface area contributed by atoms with Crippen molar-refractivity contribution in [3.8, 4) is 0 Å². The van der Waals surface area contributed by atoms with E-state index in [-0.39, 0.29) is 0 Å². The quantitative estimate of drug-likeness (QED) is 0.604. The van der Waals surface area contributed by atoms with Crippen molar-refractivity contribution in [2.75, 3.05) is 13.6 Å². The summed E-state index contributed by atoms with van der Waals surface area (Å²) >= 11 is 0. The summed E-state index contributed by atoms with van der Waals surface area (Å²) in [5.41, 5.74) is 0. The minimum absolute atomic E-state index is 0.360. The number of hydrogen-bond acceptors (Lipinski definition) is 1. The summed E-state index contributed by atoms with van der Waals surface area (Å²) in [5.74, 6) is 0.746. The minimum Gasteiger partial charge on any atom is -0.346 e. The van der Waals surface area contributed by atoms with E-state index < -0.39 is 0 Å². The molecule has 11 heavy (non-hydrogen) atoms. The predicted molar refractivity (Wildman–Crippen MR) is 45.3 cm³/mol. The van der Waals surface area contributed by atoms with Gasteiger partial charge in [0.2, 0.25) is 5.91 Å². The van der Waals surface area contributed by atoms with Gasteiger partial charge in [0.15, 0.2) is 0 Å². The lowest BCUT2D eigenvalue weighted by Crippen LogP contribution is -2.28. The Hall–Kier alpha value is -0.530. The van der Waals surface area contributed by atoms with Gasteiger partial charge in [0, 0.05) is 19.5 Å². The highest BCUT2D eigenvalue weighted by molar-refractivity contribution is 5.80. The van der Waals surface area contributed by atoms with Gasteiger partial charge >= 0.3 is 0 Å². The fourth-order valence-corrected chi connectivity index (χ4v) is 1.15. The van der Waals surface area contributed by atoms with Crippen LogP contribution in [0.2, 0.25) is 0 Å². The van der Waals surface area contributed by atoms with Crippen molar-refractivity contribution in [3.63, 3.8) is 0 Å². The molecule has 0 saturated heterocycles. The van der Waals surface area contributed by atoms with Gasteiger partial charge in [0.1, 0.15) is 0 Å². The van der Waals surface area contributed by atoms with Crippen LogP contribution in [0.5, 0.6) is 0 Å². The van der Waals surface area contributed by atoms with E-state index in [4.69, 9.17) is 0 Å². The first-order valence-corrected chi connectivity index (χ1v) is 4.50. The summed E-state index contributed by atoms with van der Waals surface area (Å²) in [6.07, 6.45) is 4.54. The number of rotatable bonds is 4. The van der Waals surface area contributed by atoms with Gasteiger partial charge in [-0.25, -0.2) is 0 Å². The summed E-state index contributed by atoms with van der Waals surface area (Å²) < 4.78 is 0. The summed E-state index contributed by atoms with van der Waals surface area (Å²) in [5, 5.41) is 0. The third-order valence-electron chi connectivity index (χ3n) is 2.15. The average molecular weight is 155 g/mol. The lowest BCUT2D eigenvalue weighted by molar-refractivity contribution is -0.131. The molecule has 0 N–H and O–H groups in total. The summed E-state index contributed by atoms with van der Waals surface area (Å²) in [6.45, 7) is 3.08. The Bertz CT molecular complexity index is 140. The molecule has 0 aliphatic heterocycles. The third kappa shape index (κ3) is 2.52. The molecule has 0 bridgehead atoms. The van der Waals surface area contributed by atoms with Gasteiger partial charge in [-0.05, 0) is 19.3 Å². The molecule has 1 aliphatic carbocycles. The van der Waals surface area contributed by atoms with Crippen molar-refractivity contribution in [1.29, 1.82) is 0 Å². The van der Waals surface area contributed by atoms with Gasteiger partial charge in [-0.15, -0.1) is 0 Å². The van der Waals surface area contributed by atoms with E-state index in [0.717, 1.165) is 25.8 Å². The van der Waals surface area contributed by atoms with Gasteiger partial charge in [0.25, 0.3) is 0 Å². The molecular weight excluding hydrogens is 138 g/mol. The van der Waals surface area contributed by atoms with Crippen molar-refractivity contribution in [2.45, 2.75) is 32.6 Å². The molecule has 0 unspecified atom stereocenters. The van der Waals surface area contributed by atoms with Crippen LogP contribution in [0.3, 0.4) is 0 Å². The zero-order valence-electron chi connectivity index (χ0n) is 7.47. The van der Waals surface area contributed by atoms with Gasteiger partial charge < -0.3 is 4.90 Å². The highest BCUT2D eigenvalue weighted by Gasteiger charge is 2.31. The number of hydrogen-bond donors (Lipinski definition) is 0. The summed E-state index contributed by atoms with van der Waals surface area (Å²) in [7, 11) is 1.91. The smallest absolute Gasteiger partial charge is 0.225 e. The molecule has 0 aromatic carbocycles. The second kappa shape index (κ2) is 3.74. The molecule has 1 aliphatic rings. The van der Waals surface area contributed by atoms with Gasteiger partial charge in [-0.1, -0.05) is 13.3 Å². The number of carbonyl (C=O) groups is 1. The van der Waals surface area contributed by atoms with Gasteiger partial charge in [-0.3, -0.25) is 4.79 Å². The molecule has 1 rings (SSSR count). The van der Waals surface area contributed by atoms with Crippen molar-refractivity contribution in [3.05, 3.63) is 0 Å². The number of unbranched alkanes of at least 4 members (excludes halogenated alkanes) is 1. The topological polar surface area (TPSA) is 20.3 Å². The van der Waals surface area contributed by atoms with Crippen LogP contribution < -0.4 is 0 Å². The van der Waals surface area contributed by atoms with Crippen molar-refractivity contribution < 1.29 is 4.79 Å². The van der Waals surface area contributed by atoms with Crippen LogP contribution in [0.25, 0.3) is 0 Å². The summed E-state index contributed by atoms with van der Waals surface area (Å²) in [4.78, 5) is 13.2. The van der Waals surface area contributed by atoms with E-state index in [1.165, 1.54) is 6.42 Å². The van der Waals surface area contributed by atoms with E-state index >= 15 is 0 Å². The predicted octanol–water partition coefficient (Wildman–Crippen LogP) is 1.65. The molecule has 1 saturated carbocycles. The van der Waals surface area contributed by atoms with Crippen LogP contribution in [-0.2, 0) is 4.79 Å². The Kier molecular flexibility index (Phi) is 2.92. The van der Waals surface area contributed by atoms with Crippen molar-refractivity contribution in [2.24, 2.45) is 5.92 Å². The fourth-order valence-electron chi connectivity index (χ4n) is 1.15. The number of carbonyl (C=O) groups excluding carboxylic acids is 1. The van der Waals surface area contributed by atoms with Crippen LogP contribution in [-0.4, -0.2) is 24.4 Å². The molecule has 0 spiro atoms. The minimum atomic E-state index is 0.360. The van der Waals surface area contributed by atoms with Crippen molar-refractivity contribution >= 4 is 5.91 Å². The van der Waals surface area contributed by atoms with Crippen LogP contribution in [0.15, 0.2) is 0 Å². The lowest BCUT2D eigenvalue weighted by atomic mass is 10.3. The largest absolute Gasteiger partial charge is 0.346 e. The standard InChI is InChI=1S/C9H17NO/c1-3-4-7-10(2)9(11)8-5-6-8/h8H,3-7H2,1-2H3. The molecule has 2 heteroatoms. The zero-order valence-corrected chi connectivity index (χ0v) is 7.47. The van der Waals surface area contributed by atoms with E-state index in [0.29, 0.717) is 11.8 Å². The molecule has 0 aromatic rings. The normalized spacial score (nSPS) is 16.5. The van der Waals surface area contributed by atoms with E-state index in [2.05, 4.69) is 6.92 Å². The molecule has 0 radical (unpaired) electrons. The van der Waals surface area contributed by atoms with E-state index in [9.17, 15) is 4.79 Å². The third-order valence-corrected chi connectivity index (χ3v) is 2.15. The maximum Gasteiger partial charge on any atom is 0.225 e. The van der Waals surface area contributed by atoms with Crippen LogP contribution >= 0.6 is 0 Å². The fraction of sp³-hybridized carbons (Fsp3) is 0.889. The van der Waals surface area contributed by atoms with Gasteiger partial charge in [-0.2, -0.15) is 0 Å². The van der Waals surface area contributed by atoms with Crippen LogP contribution in [0.1, 0.15) is 32.6 Å². The number of nitrogens with zero attached hydrogens (tertiary/aromatic N) is 1. The molecule has 0 atom stereocenters. The van der Waals surface area contributed by atoms with E-state index in [1.807, 2.05) is 11.9 Å². The van der Waals surface area contributed by atoms with Crippen LogP contribution in [0, 0.1) is 5.92 Å². The second-order valence-corrected chi connectivity index (χ2v) is 3.39. The average Bonchev–Trinajstić information content (AvgIpc) is 2.81. The first-order valence-electron chi connectivity index (χ1n) is 4.50. The Balaban J connectivity index is 2.16. The Morgan fingerprint density at radius 3 is 2.64 bits per heavy atom. The Morgan fingerprint density at radius 1 is 1.55 bits per heavy atom. The maximum absolute atomic E-state index is 11.3. The molecule has 0 heterocycles. The highest BCUT2D eigenvalue weighted by atomic mass is 16.2. The Morgan fingerprint density at radius 2 is 2.18 bits per heavy atom. The zero-order chi connectivity index (χ0) is 8.27. The van der Waals surface area contributed by atoms with Crippen molar-refractivity contribution in [1.82, 2.24) is 4.90 Å². The van der Waals surface area contributed by atoms with Gasteiger partial charge in [0.05, 0.1) is 0 Å². The maximum atomic E-state index is 11.3. The number of amides is 1. The molecule has 1 amide bonds. The first-order chi connectivity index (χ1) is 5.25. The monoisotopic (exact) mass is 155 g/mol. The van der Waals surface area contributed by atoms with Crippen LogP contribution in [0.4, 0.5) is 0 Å². The molecule has 1 fully saturated rings. The molecule has 64 valence electrons. The SMILES string of the molecule is CCCCN(C)C(=O)C1CC1. The summed E-state index contributed by atoms with van der Waals surface area (Å²) in [6, 6.07) is 0. The molecular formula is C9H17NO.